The maximum absolute atomic E-state index is 13.0. The van der Waals surface area contributed by atoms with Gasteiger partial charge in [-0.2, -0.15) is 0 Å². The number of fused-ring (bicyclic) bond motifs is 1. The SMILES string of the molecule is O=C(COc1ccc(/C=C2\SC(=O)N(Cc3cc4c(cc3Cl)OCO4)C2=O)cc1Cl)Nc1ccccc1Cl. The number of ether oxygens (including phenoxy) is 3. The lowest BCUT2D eigenvalue weighted by Gasteiger charge is -2.14. The van der Waals surface area contributed by atoms with Crippen LogP contribution in [-0.4, -0.2) is 35.4 Å². The number of nitrogens with zero attached hydrogens (tertiary/aromatic N) is 1. The summed E-state index contributed by atoms with van der Waals surface area (Å²) in [6.45, 7) is -0.214. The van der Waals surface area contributed by atoms with E-state index in [4.69, 9.17) is 49.0 Å². The van der Waals surface area contributed by atoms with Crippen LogP contribution in [0.5, 0.6) is 17.2 Å². The average molecular weight is 592 g/mol. The molecule has 2 aliphatic heterocycles. The van der Waals surface area contributed by atoms with Crippen molar-refractivity contribution in [2.24, 2.45) is 0 Å². The van der Waals surface area contributed by atoms with Crippen molar-refractivity contribution >= 4 is 75.4 Å². The first kappa shape index (κ1) is 26.2. The molecule has 38 heavy (non-hydrogen) atoms. The van der Waals surface area contributed by atoms with Crippen molar-refractivity contribution in [3.63, 3.8) is 0 Å². The molecule has 0 radical (unpaired) electrons. The summed E-state index contributed by atoms with van der Waals surface area (Å²) in [6.07, 6.45) is 1.56. The topological polar surface area (TPSA) is 94.2 Å². The molecule has 5 rings (SSSR count). The van der Waals surface area contributed by atoms with Gasteiger partial charge in [0.15, 0.2) is 18.1 Å². The second-order valence-corrected chi connectivity index (χ2v) is 10.3. The highest BCUT2D eigenvalue weighted by molar-refractivity contribution is 8.18. The predicted molar refractivity (Wildman–Crippen MR) is 146 cm³/mol. The van der Waals surface area contributed by atoms with Crippen LogP contribution in [0.4, 0.5) is 10.5 Å². The number of imide groups is 1. The van der Waals surface area contributed by atoms with Gasteiger partial charge in [0.1, 0.15) is 5.75 Å². The van der Waals surface area contributed by atoms with Crippen LogP contribution < -0.4 is 19.5 Å². The molecule has 12 heteroatoms. The van der Waals surface area contributed by atoms with Gasteiger partial charge in [0.25, 0.3) is 17.1 Å². The standard InChI is InChI=1S/C26H17Cl3N2O6S/c27-16-3-1-2-4-19(16)30-24(32)12-35-20-6-5-14(7-18(20)29)8-23-25(33)31(26(34)38-23)11-15-9-21-22(10-17(15)28)37-13-36-21/h1-10H,11-13H2,(H,30,32)/b23-8-. The zero-order chi connectivity index (χ0) is 26.8. The number of halogens is 3. The lowest BCUT2D eigenvalue weighted by molar-refractivity contribution is -0.123. The van der Waals surface area contributed by atoms with Crippen LogP contribution in [0.1, 0.15) is 11.1 Å². The Labute approximate surface area is 236 Å². The zero-order valence-corrected chi connectivity index (χ0v) is 22.4. The fourth-order valence-corrected chi connectivity index (χ4v) is 5.13. The number of nitrogens with one attached hydrogen (secondary N) is 1. The quantitative estimate of drug-likeness (QED) is 0.308. The maximum atomic E-state index is 13.0. The van der Waals surface area contributed by atoms with Crippen LogP contribution >= 0.6 is 46.6 Å². The molecule has 2 aliphatic rings. The molecule has 2 heterocycles. The number of benzene rings is 3. The molecular formula is C26H17Cl3N2O6S. The van der Waals surface area contributed by atoms with Gasteiger partial charge < -0.3 is 19.5 Å². The van der Waals surface area contributed by atoms with Gasteiger partial charge in [0.05, 0.1) is 27.2 Å². The van der Waals surface area contributed by atoms with E-state index in [-0.39, 0.29) is 35.6 Å². The Balaban J connectivity index is 1.23. The van der Waals surface area contributed by atoms with Crippen molar-refractivity contribution < 1.29 is 28.6 Å². The summed E-state index contributed by atoms with van der Waals surface area (Å²) >= 11 is 19.5. The number of thioether (sulfide) groups is 1. The highest BCUT2D eigenvalue weighted by Crippen LogP contribution is 2.39. The second-order valence-electron chi connectivity index (χ2n) is 8.07. The predicted octanol–water partition coefficient (Wildman–Crippen LogP) is 6.63. The minimum absolute atomic E-state index is 0.0126. The molecule has 3 aromatic carbocycles. The van der Waals surface area contributed by atoms with Crippen LogP contribution in [0, 0.1) is 0 Å². The van der Waals surface area contributed by atoms with Gasteiger partial charge in [-0.25, -0.2) is 0 Å². The number of amides is 3. The molecule has 0 spiro atoms. The maximum Gasteiger partial charge on any atom is 0.293 e. The molecule has 1 fully saturated rings. The van der Waals surface area contributed by atoms with Gasteiger partial charge in [-0.1, -0.05) is 53.0 Å². The van der Waals surface area contributed by atoms with Crippen molar-refractivity contribution in [2.45, 2.75) is 6.54 Å². The molecule has 8 nitrogen and oxygen atoms in total. The first-order chi connectivity index (χ1) is 18.3. The second kappa shape index (κ2) is 11.2. The van der Waals surface area contributed by atoms with Gasteiger partial charge in [-0.3, -0.25) is 19.3 Å². The van der Waals surface area contributed by atoms with E-state index in [0.29, 0.717) is 38.4 Å². The molecule has 0 bridgehead atoms. The highest BCUT2D eigenvalue weighted by Gasteiger charge is 2.35. The van der Waals surface area contributed by atoms with Gasteiger partial charge in [0, 0.05) is 11.1 Å². The molecule has 0 saturated carbocycles. The average Bonchev–Trinajstić information content (AvgIpc) is 3.44. The molecule has 3 amide bonds. The van der Waals surface area contributed by atoms with E-state index in [1.807, 2.05) is 0 Å². The summed E-state index contributed by atoms with van der Waals surface area (Å²) in [5.74, 6) is 0.433. The Kier molecular flexibility index (Phi) is 7.71. The largest absolute Gasteiger partial charge is 0.482 e. The summed E-state index contributed by atoms with van der Waals surface area (Å²) in [4.78, 5) is 39.1. The molecule has 0 aromatic heterocycles. The van der Waals surface area contributed by atoms with E-state index >= 15 is 0 Å². The first-order valence-electron chi connectivity index (χ1n) is 11.1. The Morgan fingerprint density at radius 1 is 1.00 bits per heavy atom. The number of hydrogen-bond donors (Lipinski definition) is 1. The summed E-state index contributed by atoms with van der Waals surface area (Å²) in [5, 5.41) is 3.24. The molecule has 3 aromatic rings. The summed E-state index contributed by atoms with van der Waals surface area (Å²) in [5.41, 5.74) is 1.61. The van der Waals surface area contributed by atoms with Crippen LogP contribution in [0.3, 0.4) is 0 Å². The zero-order valence-electron chi connectivity index (χ0n) is 19.3. The van der Waals surface area contributed by atoms with E-state index < -0.39 is 17.1 Å². The highest BCUT2D eigenvalue weighted by atomic mass is 35.5. The van der Waals surface area contributed by atoms with Crippen molar-refractivity contribution in [3.8, 4) is 17.2 Å². The summed E-state index contributed by atoms with van der Waals surface area (Å²) in [6, 6.07) is 14.9. The number of carbonyl (C=O) groups is 3. The van der Waals surface area contributed by atoms with Gasteiger partial charge in [0.2, 0.25) is 6.79 Å². The number of rotatable bonds is 7. The molecule has 0 aliphatic carbocycles. The fourth-order valence-electron chi connectivity index (χ4n) is 3.65. The third kappa shape index (κ3) is 5.71. The minimum atomic E-state index is -0.457. The number of para-hydroxylation sites is 1. The number of carbonyl (C=O) groups excluding carboxylic acids is 3. The van der Waals surface area contributed by atoms with Gasteiger partial charge >= 0.3 is 0 Å². The van der Waals surface area contributed by atoms with Crippen molar-refractivity contribution in [3.05, 3.63) is 85.7 Å². The minimum Gasteiger partial charge on any atom is -0.482 e. The lowest BCUT2D eigenvalue weighted by atomic mass is 10.1. The number of anilines is 1. The third-order valence-electron chi connectivity index (χ3n) is 5.50. The molecule has 194 valence electrons. The lowest BCUT2D eigenvalue weighted by Crippen LogP contribution is -2.27. The van der Waals surface area contributed by atoms with E-state index in [2.05, 4.69) is 5.32 Å². The molecular weight excluding hydrogens is 575 g/mol. The van der Waals surface area contributed by atoms with E-state index in [1.54, 1.807) is 60.7 Å². The fraction of sp³-hybridized carbons (Fsp3) is 0.115. The van der Waals surface area contributed by atoms with Crippen LogP contribution in [0.15, 0.2) is 59.5 Å². The third-order valence-corrected chi connectivity index (χ3v) is 7.39. The van der Waals surface area contributed by atoms with Crippen LogP contribution in [0.2, 0.25) is 15.1 Å². The van der Waals surface area contributed by atoms with E-state index in [1.165, 1.54) is 0 Å². The van der Waals surface area contributed by atoms with Gasteiger partial charge in [-0.05, 0) is 59.3 Å². The van der Waals surface area contributed by atoms with Gasteiger partial charge in [-0.15, -0.1) is 0 Å². The Morgan fingerprint density at radius 3 is 2.53 bits per heavy atom. The van der Waals surface area contributed by atoms with Crippen LogP contribution in [-0.2, 0) is 16.1 Å². The van der Waals surface area contributed by atoms with Crippen LogP contribution in [0.25, 0.3) is 6.08 Å². The van der Waals surface area contributed by atoms with Crippen molar-refractivity contribution in [1.29, 1.82) is 0 Å². The molecule has 0 atom stereocenters. The first-order valence-corrected chi connectivity index (χ1v) is 13.0. The van der Waals surface area contributed by atoms with Crippen molar-refractivity contribution in [1.82, 2.24) is 4.90 Å². The van der Waals surface area contributed by atoms with E-state index in [0.717, 1.165) is 16.7 Å². The summed E-state index contributed by atoms with van der Waals surface area (Å²) in [7, 11) is 0. The smallest absolute Gasteiger partial charge is 0.293 e. The Hall–Kier alpha value is -3.37. The Morgan fingerprint density at radius 2 is 1.76 bits per heavy atom. The summed E-state index contributed by atoms with van der Waals surface area (Å²) < 4.78 is 16.2. The van der Waals surface area contributed by atoms with E-state index in [9.17, 15) is 14.4 Å². The molecule has 1 saturated heterocycles. The molecule has 1 N–H and O–H groups in total. The Bertz CT molecular complexity index is 1500. The van der Waals surface area contributed by atoms with Crippen molar-refractivity contribution in [2.75, 3.05) is 18.7 Å². The monoisotopic (exact) mass is 590 g/mol. The normalized spacial score (nSPS) is 15.3. The molecule has 0 unspecified atom stereocenters. The number of hydrogen-bond acceptors (Lipinski definition) is 7.